The van der Waals surface area contributed by atoms with Gasteiger partial charge in [-0.1, -0.05) is 12.1 Å². The maximum Gasteiger partial charge on any atom is 0.200 e. The van der Waals surface area contributed by atoms with Crippen molar-refractivity contribution in [2.75, 3.05) is 19.8 Å². The molecule has 0 N–H and O–H groups in total. The molecule has 114 valence electrons. The molecule has 0 unspecified atom stereocenters. The zero-order valence-electron chi connectivity index (χ0n) is 11.9. The van der Waals surface area contributed by atoms with Crippen LogP contribution in [-0.4, -0.2) is 25.6 Å². The van der Waals surface area contributed by atoms with E-state index in [-0.39, 0.29) is 12.4 Å². The number of carbonyl (C=O) groups is 1. The second-order valence-electron chi connectivity index (χ2n) is 4.85. The molecule has 0 aromatic heterocycles. The number of benzene rings is 2. The number of rotatable bonds is 4. The van der Waals surface area contributed by atoms with E-state index in [0.717, 1.165) is 10.9 Å². The molecular formula is C17H15BrO4. The molecule has 1 aliphatic heterocycles. The summed E-state index contributed by atoms with van der Waals surface area (Å²) < 4.78 is 17.5. The van der Waals surface area contributed by atoms with Gasteiger partial charge >= 0.3 is 0 Å². The fraction of sp³-hybridized carbons (Fsp3) is 0.235. The lowest BCUT2D eigenvalue weighted by Gasteiger charge is -2.10. The van der Waals surface area contributed by atoms with Gasteiger partial charge in [-0.15, -0.1) is 0 Å². The molecule has 0 aliphatic carbocycles. The summed E-state index contributed by atoms with van der Waals surface area (Å²) in [6.45, 7) is 1.20. The Bertz CT molecular complexity index is 684. The fourth-order valence-electron chi connectivity index (χ4n) is 2.13. The van der Waals surface area contributed by atoms with Gasteiger partial charge in [0.2, 0.25) is 0 Å². The van der Waals surface area contributed by atoms with Gasteiger partial charge in [0.15, 0.2) is 23.9 Å². The summed E-state index contributed by atoms with van der Waals surface area (Å²) in [5, 5.41) is 0. The number of halogens is 1. The molecule has 2 aromatic rings. The molecule has 5 heteroatoms. The minimum Gasteiger partial charge on any atom is -0.490 e. The Morgan fingerprint density at radius 2 is 1.86 bits per heavy atom. The lowest BCUT2D eigenvalue weighted by atomic mass is 10.1. The van der Waals surface area contributed by atoms with Gasteiger partial charge in [-0.25, -0.2) is 0 Å². The first-order valence-electron chi connectivity index (χ1n) is 7.04. The number of ether oxygens (including phenoxy) is 3. The number of hydrogen-bond acceptors (Lipinski definition) is 4. The highest BCUT2D eigenvalue weighted by Gasteiger charge is 2.15. The smallest absolute Gasteiger partial charge is 0.200 e. The summed E-state index contributed by atoms with van der Waals surface area (Å²) >= 11 is 3.39. The van der Waals surface area contributed by atoms with Crippen molar-refractivity contribution < 1.29 is 19.0 Å². The van der Waals surface area contributed by atoms with E-state index in [1.807, 2.05) is 24.3 Å². The van der Waals surface area contributed by atoms with Gasteiger partial charge < -0.3 is 14.2 Å². The van der Waals surface area contributed by atoms with Crippen LogP contribution in [0.5, 0.6) is 17.2 Å². The van der Waals surface area contributed by atoms with Crippen molar-refractivity contribution in [2.24, 2.45) is 0 Å². The van der Waals surface area contributed by atoms with E-state index in [1.54, 1.807) is 18.2 Å². The van der Waals surface area contributed by atoms with E-state index >= 15 is 0 Å². The fourth-order valence-corrected chi connectivity index (χ4v) is 2.52. The second kappa shape index (κ2) is 6.83. The summed E-state index contributed by atoms with van der Waals surface area (Å²) in [5.41, 5.74) is 0.552. The molecule has 4 nitrogen and oxygen atoms in total. The molecule has 0 radical (unpaired) electrons. The standard InChI is InChI=1S/C17H15BrO4/c18-13-4-1-2-5-15(13)22-11-14(19)12-6-7-16-17(10-12)21-9-3-8-20-16/h1-2,4-7,10H,3,8-9,11H2. The Morgan fingerprint density at radius 1 is 1.09 bits per heavy atom. The van der Waals surface area contributed by atoms with Crippen LogP contribution in [0.15, 0.2) is 46.9 Å². The summed E-state index contributed by atoms with van der Waals surface area (Å²) in [5.74, 6) is 1.83. The summed E-state index contributed by atoms with van der Waals surface area (Å²) in [6.07, 6.45) is 0.836. The molecule has 0 spiro atoms. The first-order valence-corrected chi connectivity index (χ1v) is 7.83. The Morgan fingerprint density at radius 3 is 2.68 bits per heavy atom. The molecular weight excluding hydrogens is 348 g/mol. The normalized spacial score (nSPS) is 13.3. The van der Waals surface area contributed by atoms with E-state index in [4.69, 9.17) is 14.2 Å². The van der Waals surface area contributed by atoms with Crippen molar-refractivity contribution in [1.82, 2.24) is 0 Å². The van der Waals surface area contributed by atoms with Crippen LogP contribution in [-0.2, 0) is 0 Å². The van der Waals surface area contributed by atoms with Crippen LogP contribution in [0.2, 0.25) is 0 Å². The van der Waals surface area contributed by atoms with Gasteiger partial charge in [0, 0.05) is 12.0 Å². The first kappa shape index (κ1) is 14.9. The zero-order valence-corrected chi connectivity index (χ0v) is 13.5. The lowest BCUT2D eigenvalue weighted by molar-refractivity contribution is 0.0920. The topological polar surface area (TPSA) is 44.8 Å². The molecule has 1 heterocycles. The van der Waals surface area contributed by atoms with E-state index < -0.39 is 0 Å². The van der Waals surface area contributed by atoms with Crippen LogP contribution in [0, 0.1) is 0 Å². The van der Waals surface area contributed by atoms with Gasteiger partial charge in [-0.2, -0.15) is 0 Å². The second-order valence-corrected chi connectivity index (χ2v) is 5.71. The molecule has 0 atom stereocenters. The van der Waals surface area contributed by atoms with Crippen molar-refractivity contribution in [2.45, 2.75) is 6.42 Å². The number of ketones is 1. The number of carbonyl (C=O) groups excluding carboxylic acids is 1. The van der Waals surface area contributed by atoms with Crippen molar-refractivity contribution in [3.63, 3.8) is 0 Å². The zero-order chi connectivity index (χ0) is 15.4. The SMILES string of the molecule is O=C(COc1ccccc1Br)c1ccc2c(c1)OCCCO2. The van der Waals surface area contributed by atoms with Gasteiger partial charge in [-0.05, 0) is 46.3 Å². The third kappa shape index (κ3) is 3.42. The maximum atomic E-state index is 12.3. The minimum atomic E-state index is -0.105. The Balaban J connectivity index is 1.70. The molecule has 0 amide bonds. The van der Waals surface area contributed by atoms with Crippen LogP contribution < -0.4 is 14.2 Å². The third-order valence-corrected chi connectivity index (χ3v) is 3.92. The highest BCUT2D eigenvalue weighted by Crippen LogP contribution is 2.30. The van der Waals surface area contributed by atoms with Crippen LogP contribution in [0.25, 0.3) is 0 Å². The number of fused-ring (bicyclic) bond motifs is 1. The molecule has 0 saturated carbocycles. The van der Waals surface area contributed by atoms with Gasteiger partial charge in [0.1, 0.15) is 5.75 Å². The average molecular weight is 363 g/mol. The Hall–Kier alpha value is -2.01. The molecule has 0 bridgehead atoms. The van der Waals surface area contributed by atoms with Crippen LogP contribution >= 0.6 is 15.9 Å². The predicted octanol–water partition coefficient (Wildman–Crippen LogP) is 3.87. The van der Waals surface area contributed by atoms with Crippen molar-refractivity contribution in [1.29, 1.82) is 0 Å². The van der Waals surface area contributed by atoms with Crippen LogP contribution in [0.3, 0.4) is 0 Å². The van der Waals surface area contributed by atoms with Crippen molar-refractivity contribution >= 4 is 21.7 Å². The molecule has 1 aliphatic rings. The molecule has 22 heavy (non-hydrogen) atoms. The highest BCUT2D eigenvalue weighted by molar-refractivity contribution is 9.10. The number of Topliss-reactive ketones (excluding diaryl/α,β-unsaturated/α-hetero) is 1. The molecule has 3 rings (SSSR count). The summed E-state index contributed by atoms with van der Waals surface area (Å²) in [7, 11) is 0. The van der Waals surface area contributed by atoms with Gasteiger partial charge in [-0.3, -0.25) is 4.79 Å². The molecule has 0 fully saturated rings. The van der Waals surface area contributed by atoms with Crippen molar-refractivity contribution in [3.05, 3.63) is 52.5 Å². The first-order chi connectivity index (χ1) is 10.7. The van der Waals surface area contributed by atoms with Crippen LogP contribution in [0.1, 0.15) is 16.8 Å². The van der Waals surface area contributed by atoms with E-state index in [9.17, 15) is 4.79 Å². The quantitative estimate of drug-likeness (QED) is 0.774. The Kier molecular flexibility index (Phi) is 4.63. The minimum absolute atomic E-state index is 0.0255. The third-order valence-electron chi connectivity index (χ3n) is 3.26. The monoisotopic (exact) mass is 362 g/mol. The Labute approximate surface area is 137 Å². The van der Waals surface area contributed by atoms with Gasteiger partial charge in [0.05, 0.1) is 17.7 Å². The van der Waals surface area contributed by atoms with Gasteiger partial charge in [0.25, 0.3) is 0 Å². The predicted molar refractivity (Wildman–Crippen MR) is 86.0 cm³/mol. The molecule has 2 aromatic carbocycles. The molecule has 0 saturated heterocycles. The van der Waals surface area contributed by atoms with Crippen molar-refractivity contribution in [3.8, 4) is 17.2 Å². The number of hydrogen-bond donors (Lipinski definition) is 0. The van der Waals surface area contributed by atoms with E-state index in [0.29, 0.717) is 36.0 Å². The maximum absolute atomic E-state index is 12.3. The van der Waals surface area contributed by atoms with E-state index in [1.165, 1.54) is 0 Å². The van der Waals surface area contributed by atoms with Crippen LogP contribution in [0.4, 0.5) is 0 Å². The average Bonchev–Trinajstić information content (AvgIpc) is 2.78. The highest BCUT2D eigenvalue weighted by atomic mass is 79.9. The largest absolute Gasteiger partial charge is 0.490 e. The lowest BCUT2D eigenvalue weighted by Crippen LogP contribution is -2.12. The summed E-state index contributed by atoms with van der Waals surface area (Å²) in [4.78, 5) is 12.3. The summed E-state index contributed by atoms with van der Waals surface area (Å²) in [6, 6.07) is 12.7. The van der Waals surface area contributed by atoms with E-state index in [2.05, 4.69) is 15.9 Å². The number of para-hydroxylation sites is 1.